The van der Waals surface area contributed by atoms with E-state index in [1.807, 2.05) is 19.9 Å². The minimum Gasteiger partial charge on any atom is -0.480 e. The van der Waals surface area contributed by atoms with E-state index in [4.69, 9.17) is 22.3 Å². The number of amides is 6. The fourth-order valence-corrected chi connectivity index (χ4v) is 4.57. The molecular weight excluding hydrogens is 664 g/mol. The molecule has 1 aromatic carbocycles. The summed E-state index contributed by atoms with van der Waals surface area (Å²) in [5.41, 5.74) is 17.2. The molecule has 1 aromatic rings. The minimum atomic E-state index is -1.27. The van der Waals surface area contributed by atoms with E-state index in [1.165, 1.54) is 27.7 Å². The highest BCUT2D eigenvalue weighted by Gasteiger charge is 2.31. The van der Waals surface area contributed by atoms with E-state index in [0.29, 0.717) is 0 Å². The fraction of sp³-hybridized carbons (Fsp3) is 0.576. The van der Waals surface area contributed by atoms with Gasteiger partial charge in [-0.25, -0.2) is 0 Å². The van der Waals surface area contributed by atoms with Crippen LogP contribution in [0.1, 0.15) is 66.4 Å². The molecule has 7 atom stereocenters. The van der Waals surface area contributed by atoms with E-state index in [2.05, 4.69) is 36.9 Å². The molecule has 0 aromatic heterocycles. The second-order valence-electron chi connectivity index (χ2n) is 12.8. The molecule has 6 amide bonds. The number of hydrogen-bond acceptors (Lipinski definition) is 9. The van der Waals surface area contributed by atoms with E-state index in [1.54, 1.807) is 24.3 Å². The van der Waals surface area contributed by atoms with Gasteiger partial charge in [0, 0.05) is 13.0 Å². The Hall–Kier alpha value is -5.26. The zero-order valence-corrected chi connectivity index (χ0v) is 30.0. The molecule has 284 valence electrons. The van der Waals surface area contributed by atoms with Gasteiger partial charge >= 0.3 is 5.97 Å². The lowest BCUT2D eigenvalue weighted by atomic mass is 10.0. The maximum Gasteiger partial charge on any atom is 0.325 e. The van der Waals surface area contributed by atoms with Crippen LogP contribution in [0.4, 0.5) is 0 Å². The van der Waals surface area contributed by atoms with Crippen LogP contribution < -0.4 is 49.1 Å². The average Bonchev–Trinajstić information content (AvgIpc) is 3.04. The molecule has 1 rings (SSSR count). The van der Waals surface area contributed by atoms with Crippen molar-refractivity contribution < 1.29 is 38.7 Å². The van der Waals surface area contributed by atoms with Crippen LogP contribution in [0.15, 0.2) is 35.3 Å². The van der Waals surface area contributed by atoms with Crippen LogP contribution in [-0.4, -0.2) is 101 Å². The molecule has 0 saturated heterocycles. The number of carboxylic acids is 1. The maximum absolute atomic E-state index is 13.5. The molecule has 0 radical (unpaired) electrons. The minimum absolute atomic E-state index is 0.0386. The second-order valence-corrected chi connectivity index (χ2v) is 12.8. The first-order valence-corrected chi connectivity index (χ1v) is 16.7. The van der Waals surface area contributed by atoms with Crippen molar-refractivity contribution in [1.82, 2.24) is 31.9 Å². The summed E-state index contributed by atoms with van der Waals surface area (Å²) >= 11 is 0. The Labute approximate surface area is 297 Å². The van der Waals surface area contributed by atoms with Crippen molar-refractivity contribution in [3.63, 3.8) is 0 Å². The highest BCUT2D eigenvalue weighted by Crippen LogP contribution is 2.09. The van der Waals surface area contributed by atoms with Gasteiger partial charge in [-0.2, -0.15) is 0 Å². The summed E-state index contributed by atoms with van der Waals surface area (Å²) in [6.45, 7) is 9.30. The maximum atomic E-state index is 13.5. The number of carbonyl (C=O) groups excluding carboxylic acids is 6. The van der Waals surface area contributed by atoms with Crippen molar-refractivity contribution in [2.45, 2.75) is 110 Å². The molecular formula is C33H54N10O8. The molecule has 51 heavy (non-hydrogen) atoms. The van der Waals surface area contributed by atoms with Gasteiger partial charge in [-0.15, -0.1) is 0 Å². The van der Waals surface area contributed by atoms with Crippen LogP contribution in [0.5, 0.6) is 0 Å². The molecule has 0 saturated carbocycles. The normalized spacial score (nSPS) is 15.0. The molecule has 0 bridgehead atoms. The molecule has 0 aliphatic carbocycles. The first-order chi connectivity index (χ1) is 23.8. The number of aliphatic imine (C=N–C) groups is 1. The van der Waals surface area contributed by atoms with Crippen molar-refractivity contribution >= 4 is 47.4 Å². The Kier molecular flexibility index (Phi) is 18.7. The Morgan fingerprint density at radius 2 is 1.12 bits per heavy atom. The lowest BCUT2D eigenvalue weighted by Gasteiger charge is -2.26. The summed E-state index contributed by atoms with van der Waals surface area (Å²) in [6, 6.07) is 1.20. The van der Waals surface area contributed by atoms with Gasteiger partial charge in [0.1, 0.15) is 36.3 Å². The number of guanidine groups is 1. The van der Waals surface area contributed by atoms with Crippen LogP contribution in [0.3, 0.4) is 0 Å². The van der Waals surface area contributed by atoms with Crippen LogP contribution in [0.25, 0.3) is 0 Å². The van der Waals surface area contributed by atoms with Crippen molar-refractivity contribution in [2.24, 2.45) is 28.1 Å². The fourth-order valence-electron chi connectivity index (χ4n) is 4.57. The Balaban J connectivity index is 3.09. The van der Waals surface area contributed by atoms with E-state index < -0.39 is 83.7 Å². The highest BCUT2D eigenvalue weighted by atomic mass is 16.4. The van der Waals surface area contributed by atoms with Crippen molar-refractivity contribution in [3.8, 4) is 0 Å². The zero-order chi connectivity index (χ0) is 38.8. The smallest absolute Gasteiger partial charge is 0.325 e. The predicted octanol–water partition coefficient (Wildman–Crippen LogP) is -2.27. The molecule has 18 heteroatoms. The number of carboxylic acid groups (broad SMARTS) is 1. The van der Waals surface area contributed by atoms with E-state index in [0.717, 1.165) is 5.56 Å². The molecule has 0 aliphatic rings. The predicted molar refractivity (Wildman–Crippen MR) is 189 cm³/mol. The molecule has 0 fully saturated rings. The zero-order valence-electron chi connectivity index (χ0n) is 30.0. The summed E-state index contributed by atoms with van der Waals surface area (Å²) in [6.07, 6.45) is 0.615. The van der Waals surface area contributed by atoms with E-state index >= 15 is 0 Å². The quantitative estimate of drug-likeness (QED) is 0.0367. The van der Waals surface area contributed by atoms with Gasteiger partial charge in [0.15, 0.2) is 5.96 Å². The number of carbonyl (C=O) groups is 7. The average molecular weight is 719 g/mol. The summed E-state index contributed by atoms with van der Waals surface area (Å²) in [5.74, 6) is -5.61. The first kappa shape index (κ1) is 43.8. The number of rotatable bonds is 21. The molecule has 0 spiro atoms. The number of nitrogens with one attached hydrogen (secondary N) is 6. The summed E-state index contributed by atoms with van der Waals surface area (Å²) in [4.78, 5) is 93.2. The number of nitrogens with zero attached hydrogens (tertiary/aromatic N) is 1. The lowest BCUT2D eigenvalue weighted by molar-refractivity contribution is -0.141. The van der Waals surface area contributed by atoms with Gasteiger partial charge in [-0.05, 0) is 58.4 Å². The van der Waals surface area contributed by atoms with Gasteiger partial charge in [0.05, 0.1) is 6.04 Å². The number of hydrogen-bond donors (Lipinski definition) is 10. The van der Waals surface area contributed by atoms with Gasteiger partial charge in [0.25, 0.3) is 0 Å². The SMILES string of the molecule is CC(C)C[C@H](NC(=O)[C@H](Cc1ccccc1)NC(=O)[C@H](C)N)C(=O)N[C@@H](C)C(=O)N[C@@H](CCCN=C(N)N)C(=O)N[C@@H](C)C(=O)N[C@@H](C)C(=O)O. The summed E-state index contributed by atoms with van der Waals surface area (Å²) < 4.78 is 0. The third-order valence-electron chi connectivity index (χ3n) is 7.48. The monoisotopic (exact) mass is 718 g/mol. The van der Waals surface area contributed by atoms with Crippen molar-refractivity contribution in [2.75, 3.05) is 6.54 Å². The Morgan fingerprint density at radius 3 is 1.63 bits per heavy atom. The standard InChI is InChI=1S/C33H54N10O8/c1-17(2)15-24(43-31(49)25(42-26(44)18(3)34)16-22-11-8-7-9-12-22)30(48)39-20(5)28(46)41-23(13-10-14-37-33(35)36)29(47)38-19(4)27(45)40-21(6)32(50)51/h7-9,11-12,17-21,23-25H,10,13-16,34H2,1-6H3,(H,38,47)(H,39,48)(H,40,45)(H,41,46)(H,42,44)(H,43,49)(H,50,51)(H4,35,36,37)/t18-,19-,20-,21-,23-,24-,25-/m0/s1. The molecule has 13 N–H and O–H groups in total. The van der Waals surface area contributed by atoms with Crippen LogP contribution in [0, 0.1) is 5.92 Å². The van der Waals surface area contributed by atoms with Gasteiger partial charge in [0.2, 0.25) is 35.4 Å². The second kappa shape index (κ2) is 21.7. The largest absolute Gasteiger partial charge is 0.480 e. The third kappa shape index (κ3) is 16.8. The van der Waals surface area contributed by atoms with Crippen molar-refractivity contribution in [1.29, 1.82) is 0 Å². The molecule has 0 heterocycles. The van der Waals surface area contributed by atoms with Gasteiger partial charge in [-0.3, -0.25) is 38.6 Å². The van der Waals surface area contributed by atoms with Crippen molar-refractivity contribution in [3.05, 3.63) is 35.9 Å². The van der Waals surface area contributed by atoms with E-state index in [9.17, 15) is 33.6 Å². The Bertz CT molecular complexity index is 1380. The summed E-state index contributed by atoms with van der Waals surface area (Å²) in [7, 11) is 0. The lowest BCUT2D eigenvalue weighted by Crippen LogP contribution is -2.59. The Morgan fingerprint density at radius 1 is 0.647 bits per heavy atom. The van der Waals surface area contributed by atoms with Crippen LogP contribution >= 0.6 is 0 Å². The molecule has 0 aliphatic heterocycles. The van der Waals surface area contributed by atoms with Crippen LogP contribution in [-0.2, 0) is 40.0 Å². The third-order valence-corrected chi connectivity index (χ3v) is 7.48. The first-order valence-electron chi connectivity index (χ1n) is 16.7. The topological polar surface area (TPSA) is 302 Å². The number of nitrogens with two attached hydrogens (primary N) is 3. The number of benzene rings is 1. The molecule has 18 nitrogen and oxygen atoms in total. The van der Waals surface area contributed by atoms with Crippen LogP contribution in [0.2, 0.25) is 0 Å². The van der Waals surface area contributed by atoms with Gasteiger partial charge in [-0.1, -0.05) is 44.2 Å². The summed E-state index contributed by atoms with van der Waals surface area (Å²) in [5, 5.41) is 24.2. The van der Waals surface area contributed by atoms with E-state index in [-0.39, 0.29) is 44.1 Å². The van der Waals surface area contributed by atoms with Gasteiger partial charge < -0.3 is 54.2 Å². The highest BCUT2D eigenvalue weighted by molar-refractivity contribution is 5.96. The molecule has 0 unspecified atom stereocenters. The number of aliphatic carboxylic acids is 1.